The third-order valence-electron chi connectivity index (χ3n) is 3.46. The number of furan rings is 1. The maximum absolute atomic E-state index is 11.7. The number of carbonyl (C=O) groups excluding carboxylic acids is 1. The molecule has 0 bridgehead atoms. The second-order valence-corrected chi connectivity index (χ2v) is 6.40. The van der Waals surface area contributed by atoms with Crippen LogP contribution in [0.4, 0.5) is 0 Å². The number of carboxylic acids is 1. The number of ether oxygens (including phenoxy) is 1. The van der Waals surface area contributed by atoms with Crippen molar-refractivity contribution in [1.29, 1.82) is 0 Å². The van der Waals surface area contributed by atoms with E-state index in [1.807, 2.05) is 0 Å². The minimum Gasteiger partial charge on any atom is -0.477 e. The van der Waals surface area contributed by atoms with Crippen molar-refractivity contribution in [3.63, 3.8) is 0 Å². The number of aromatic nitrogens is 3. The smallest absolute Gasteiger partial charge is 0.342 e. The van der Waals surface area contributed by atoms with Crippen molar-refractivity contribution in [3.8, 4) is 11.3 Å². The number of thioether (sulfide) groups is 1. The highest BCUT2D eigenvalue weighted by atomic mass is 32.2. The first kappa shape index (κ1) is 18.5. The number of carboxylic acid groups (broad SMARTS) is 1. The van der Waals surface area contributed by atoms with Gasteiger partial charge in [-0.2, -0.15) is 0 Å². The SMILES string of the molecule is COC(=O)c1cccc(-c2ccc(C=C(Sc3n[nH]c(C)n3)C(=O)O)o2)c1. The van der Waals surface area contributed by atoms with Crippen molar-refractivity contribution in [2.75, 3.05) is 7.11 Å². The molecule has 0 saturated carbocycles. The quantitative estimate of drug-likeness (QED) is 0.377. The third kappa shape index (κ3) is 4.45. The molecule has 3 rings (SSSR count). The lowest BCUT2D eigenvalue weighted by atomic mass is 10.1. The lowest BCUT2D eigenvalue weighted by Crippen LogP contribution is -2.00. The summed E-state index contributed by atoms with van der Waals surface area (Å²) in [5.74, 6) is -0.128. The van der Waals surface area contributed by atoms with Gasteiger partial charge in [0.15, 0.2) is 0 Å². The fraction of sp³-hybridized carbons (Fsp3) is 0.111. The van der Waals surface area contributed by atoms with Gasteiger partial charge in [0.1, 0.15) is 22.3 Å². The maximum Gasteiger partial charge on any atom is 0.342 e. The van der Waals surface area contributed by atoms with Crippen molar-refractivity contribution in [2.24, 2.45) is 0 Å². The van der Waals surface area contributed by atoms with Gasteiger partial charge in [0.2, 0.25) is 5.16 Å². The molecule has 2 aromatic heterocycles. The Hall–Kier alpha value is -3.33. The zero-order valence-electron chi connectivity index (χ0n) is 14.4. The minimum atomic E-state index is -1.12. The number of carbonyl (C=O) groups is 2. The topological polar surface area (TPSA) is 118 Å². The summed E-state index contributed by atoms with van der Waals surface area (Å²) in [5, 5.41) is 16.3. The van der Waals surface area contributed by atoms with Crippen molar-refractivity contribution < 1.29 is 23.8 Å². The first-order chi connectivity index (χ1) is 13.0. The van der Waals surface area contributed by atoms with Crippen LogP contribution < -0.4 is 0 Å². The third-order valence-corrected chi connectivity index (χ3v) is 4.33. The second-order valence-electron chi connectivity index (χ2n) is 5.39. The molecular weight excluding hydrogens is 370 g/mol. The molecule has 0 aliphatic heterocycles. The monoisotopic (exact) mass is 385 g/mol. The Balaban J connectivity index is 1.86. The number of aliphatic carboxylic acids is 1. The first-order valence-corrected chi connectivity index (χ1v) is 8.58. The van der Waals surface area contributed by atoms with Gasteiger partial charge in [-0.3, -0.25) is 5.10 Å². The lowest BCUT2D eigenvalue weighted by Gasteiger charge is -2.01. The Morgan fingerprint density at radius 3 is 2.78 bits per heavy atom. The summed E-state index contributed by atoms with van der Waals surface area (Å²) in [4.78, 5) is 27.2. The standard InChI is InChI=1S/C18H15N3O5S/c1-10-19-18(21-20-10)27-15(16(22)23)9-13-6-7-14(26-13)11-4-3-5-12(8-11)17(24)25-2/h3-9H,1-2H3,(H,22,23)(H,19,20,21). The molecule has 0 spiro atoms. The first-order valence-electron chi connectivity index (χ1n) is 7.76. The van der Waals surface area contributed by atoms with Gasteiger partial charge < -0.3 is 14.3 Å². The van der Waals surface area contributed by atoms with Gasteiger partial charge in [-0.15, -0.1) is 5.10 Å². The minimum absolute atomic E-state index is 0.0122. The predicted octanol–water partition coefficient (Wildman–Crippen LogP) is 3.38. The molecule has 0 unspecified atom stereocenters. The van der Waals surface area contributed by atoms with Crippen LogP contribution in [0, 0.1) is 6.92 Å². The summed E-state index contributed by atoms with van der Waals surface area (Å²) in [6.07, 6.45) is 1.40. The number of aryl methyl sites for hydroxylation is 1. The van der Waals surface area contributed by atoms with Gasteiger partial charge >= 0.3 is 11.9 Å². The molecule has 9 heteroatoms. The fourth-order valence-corrected chi connectivity index (χ4v) is 2.97. The van der Waals surface area contributed by atoms with Crippen LogP contribution in [-0.2, 0) is 9.53 Å². The molecule has 138 valence electrons. The van der Waals surface area contributed by atoms with Crippen LogP contribution in [0.15, 0.2) is 50.9 Å². The van der Waals surface area contributed by atoms with E-state index in [-0.39, 0.29) is 4.91 Å². The van der Waals surface area contributed by atoms with Crippen molar-refractivity contribution in [2.45, 2.75) is 12.1 Å². The Kier molecular flexibility index (Phi) is 5.41. The molecule has 2 heterocycles. The van der Waals surface area contributed by atoms with Gasteiger partial charge in [-0.25, -0.2) is 14.6 Å². The molecule has 0 atom stereocenters. The van der Waals surface area contributed by atoms with Crippen LogP contribution in [0.2, 0.25) is 0 Å². The van der Waals surface area contributed by atoms with E-state index in [0.717, 1.165) is 11.8 Å². The Labute approximate surface area is 158 Å². The van der Waals surface area contributed by atoms with Crippen molar-refractivity contribution in [1.82, 2.24) is 15.2 Å². The molecule has 3 aromatic rings. The maximum atomic E-state index is 11.7. The average molecular weight is 385 g/mol. The molecule has 0 amide bonds. The van der Waals surface area contributed by atoms with Gasteiger partial charge in [0.05, 0.1) is 12.7 Å². The normalized spacial score (nSPS) is 11.4. The van der Waals surface area contributed by atoms with E-state index < -0.39 is 11.9 Å². The van der Waals surface area contributed by atoms with E-state index in [9.17, 15) is 14.7 Å². The van der Waals surface area contributed by atoms with E-state index in [1.165, 1.54) is 13.2 Å². The number of rotatable bonds is 6. The van der Waals surface area contributed by atoms with Gasteiger partial charge in [-0.1, -0.05) is 12.1 Å². The zero-order chi connectivity index (χ0) is 19.4. The molecule has 0 fully saturated rings. The number of nitrogens with zero attached hydrogens (tertiary/aromatic N) is 2. The van der Waals surface area contributed by atoms with Crippen LogP contribution in [0.5, 0.6) is 0 Å². The zero-order valence-corrected chi connectivity index (χ0v) is 15.2. The van der Waals surface area contributed by atoms with E-state index in [1.54, 1.807) is 43.3 Å². The number of hydrogen-bond donors (Lipinski definition) is 2. The van der Waals surface area contributed by atoms with E-state index >= 15 is 0 Å². The van der Waals surface area contributed by atoms with Crippen LogP contribution >= 0.6 is 11.8 Å². The number of aromatic amines is 1. The molecule has 27 heavy (non-hydrogen) atoms. The molecule has 0 aliphatic carbocycles. The average Bonchev–Trinajstić information content (AvgIpc) is 3.29. The predicted molar refractivity (Wildman–Crippen MR) is 98.1 cm³/mol. The lowest BCUT2D eigenvalue weighted by molar-refractivity contribution is -0.131. The summed E-state index contributed by atoms with van der Waals surface area (Å²) in [6.45, 7) is 1.72. The summed E-state index contributed by atoms with van der Waals surface area (Å²) in [5.41, 5.74) is 1.07. The molecule has 0 radical (unpaired) electrons. The van der Waals surface area contributed by atoms with E-state index in [4.69, 9.17) is 9.15 Å². The number of nitrogens with one attached hydrogen (secondary N) is 1. The highest BCUT2D eigenvalue weighted by Gasteiger charge is 2.15. The van der Waals surface area contributed by atoms with Crippen molar-refractivity contribution in [3.05, 3.63) is 58.5 Å². The number of hydrogen-bond acceptors (Lipinski definition) is 7. The fourth-order valence-electron chi connectivity index (χ4n) is 2.23. The van der Waals surface area contributed by atoms with E-state index in [0.29, 0.717) is 33.6 Å². The number of benzene rings is 1. The molecule has 0 aliphatic rings. The Bertz CT molecular complexity index is 1020. The van der Waals surface area contributed by atoms with Crippen LogP contribution in [0.25, 0.3) is 17.4 Å². The summed E-state index contributed by atoms with van der Waals surface area (Å²) in [6, 6.07) is 10.1. The molecule has 0 saturated heterocycles. The van der Waals surface area contributed by atoms with E-state index in [2.05, 4.69) is 15.2 Å². The largest absolute Gasteiger partial charge is 0.477 e. The number of H-pyrrole nitrogens is 1. The summed E-state index contributed by atoms with van der Waals surface area (Å²) >= 11 is 0.914. The Morgan fingerprint density at radius 2 is 2.11 bits per heavy atom. The molecule has 2 N–H and O–H groups in total. The number of esters is 1. The summed E-state index contributed by atoms with van der Waals surface area (Å²) in [7, 11) is 1.31. The van der Waals surface area contributed by atoms with Gasteiger partial charge in [0.25, 0.3) is 0 Å². The molecule has 8 nitrogen and oxygen atoms in total. The van der Waals surface area contributed by atoms with Gasteiger partial charge in [0, 0.05) is 11.6 Å². The Morgan fingerprint density at radius 1 is 1.30 bits per heavy atom. The second kappa shape index (κ2) is 7.92. The summed E-state index contributed by atoms with van der Waals surface area (Å²) < 4.78 is 10.4. The van der Waals surface area contributed by atoms with Gasteiger partial charge in [-0.05, 0) is 43.0 Å². The van der Waals surface area contributed by atoms with Crippen LogP contribution in [0.3, 0.4) is 0 Å². The highest BCUT2D eigenvalue weighted by Crippen LogP contribution is 2.29. The van der Waals surface area contributed by atoms with Crippen molar-refractivity contribution >= 4 is 29.8 Å². The molecular formula is C18H15N3O5S. The highest BCUT2D eigenvalue weighted by molar-refractivity contribution is 8.04. The van der Waals surface area contributed by atoms with Crippen LogP contribution in [-0.4, -0.2) is 39.3 Å². The molecule has 1 aromatic carbocycles. The number of methoxy groups -OCH3 is 1. The van der Waals surface area contributed by atoms with Crippen LogP contribution in [0.1, 0.15) is 21.9 Å².